The van der Waals surface area contributed by atoms with Crippen LogP contribution in [0, 0.1) is 0 Å². The van der Waals surface area contributed by atoms with Crippen molar-refractivity contribution in [1.82, 2.24) is 19.8 Å². The fraction of sp³-hybridized carbons (Fsp3) is 0.471. The van der Waals surface area contributed by atoms with Gasteiger partial charge in [0.25, 0.3) is 0 Å². The van der Waals surface area contributed by atoms with Crippen LogP contribution in [0.15, 0.2) is 29.4 Å². The summed E-state index contributed by atoms with van der Waals surface area (Å²) in [5.74, 6) is 7.01. The molecule has 3 rings (SSSR count). The maximum absolute atomic E-state index is 12.6. The van der Waals surface area contributed by atoms with Gasteiger partial charge in [-0.15, -0.1) is 10.2 Å². The molecule has 2 N–H and O–H groups in total. The van der Waals surface area contributed by atoms with Gasteiger partial charge in [-0.05, 0) is 45.2 Å². The summed E-state index contributed by atoms with van der Waals surface area (Å²) in [7, 11) is 0. The minimum atomic E-state index is 0.118. The van der Waals surface area contributed by atoms with Crippen molar-refractivity contribution in [3.8, 4) is 11.4 Å². The number of hydrogen-bond donors (Lipinski definition) is 1. The standard InChI is InChI=1S/C17H22ClN5OS/c1-11-6-5-7-12(2)22(11)15(24)10-25-17-21-20-16(23(17)19)13-8-3-4-9-14(13)18/h3-4,8-9,11-12H,5-7,10,19H2,1-2H3/t11-,12-/m0/s1. The van der Waals surface area contributed by atoms with Crippen molar-refractivity contribution in [2.75, 3.05) is 11.6 Å². The van der Waals surface area contributed by atoms with Gasteiger partial charge in [-0.3, -0.25) is 4.79 Å². The monoisotopic (exact) mass is 379 g/mol. The fourth-order valence-corrected chi connectivity index (χ4v) is 4.26. The van der Waals surface area contributed by atoms with Crippen molar-refractivity contribution in [3.05, 3.63) is 29.3 Å². The molecule has 1 amide bonds. The second kappa shape index (κ2) is 7.66. The van der Waals surface area contributed by atoms with Crippen LogP contribution in [0.25, 0.3) is 11.4 Å². The normalized spacial score (nSPS) is 20.7. The molecule has 0 aliphatic carbocycles. The number of amides is 1. The highest BCUT2D eigenvalue weighted by Gasteiger charge is 2.29. The van der Waals surface area contributed by atoms with Gasteiger partial charge < -0.3 is 10.7 Å². The number of nitrogens with two attached hydrogens (primary N) is 1. The van der Waals surface area contributed by atoms with E-state index in [1.807, 2.05) is 23.1 Å². The van der Waals surface area contributed by atoms with E-state index in [9.17, 15) is 4.79 Å². The number of nitrogens with zero attached hydrogens (tertiary/aromatic N) is 4. The van der Waals surface area contributed by atoms with Crippen LogP contribution in [0.1, 0.15) is 33.1 Å². The lowest BCUT2D eigenvalue weighted by atomic mass is 9.98. The van der Waals surface area contributed by atoms with Gasteiger partial charge in [0.2, 0.25) is 11.1 Å². The van der Waals surface area contributed by atoms with Crippen molar-refractivity contribution in [2.24, 2.45) is 0 Å². The number of halogens is 1. The smallest absolute Gasteiger partial charge is 0.233 e. The average Bonchev–Trinajstić information content (AvgIpc) is 2.94. The highest BCUT2D eigenvalue weighted by Crippen LogP contribution is 2.28. The first-order valence-electron chi connectivity index (χ1n) is 8.38. The number of piperidine rings is 1. The van der Waals surface area contributed by atoms with E-state index in [4.69, 9.17) is 17.4 Å². The molecule has 0 bridgehead atoms. The molecule has 2 heterocycles. The topological polar surface area (TPSA) is 77.0 Å². The van der Waals surface area contributed by atoms with E-state index in [-0.39, 0.29) is 18.0 Å². The molecule has 2 atom stereocenters. The molecule has 1 aliphatic heterocycles. The third kappa shape index (κ3) is 3.77. The summed E-state index contributed by atoms with van der Waals surface area (Å²) in [5, 5.41) is 9.30. The number of nitrogen functional groups attached to an aromatic ring is 1. The summed E-state index contributed by atoms with van der Waals surface area (Å²) < 4.78 is 1.39. The lowest BCUT2D eigenvalue weighted by Gasteiger charge is -2.39. The Labute approximate surface area is 156 Å². The summed E-state index contributed by atoms with van der Waals surface area (Å²) in [4.78, 5) is 14.6. The lowest BCUT2D eigenvalue weighted by molar-refractivity contribution is -0.134. The molecule has 0 unspecified atom stereocenters. The SMILES string of the molecule is C[C@H]1CCC[C@H](C)N1C(=O)CSc1nnc(-c2ccccc2Cl)n1N. The Balaban J connectivity index is 1.70. The molecule has 0 spiro atoms. The Bertz CT molecular complexity index is 755. The summed E-state index contributed by atoms with van der Waals surface area (Å²) >= 11 is 7.50. The van der Waals surface area contributed by atoms with Gasteiger partial charge in [-0.1, -0.05) is 35.5 Å². The fourth-order valence-electron chi connectivity index (χ4n) is 3.32. The molecule has 0 radical (unpaired) electrons. The number of carbonyl (C=O) groups excluding carboxylic acids is 1. The molecule has 134 valence electrons. The molecular weight excluding hydrogens is 358 g/mol. The number of carbonyl (C=O) groups is 1. The zero-order valence-corrected chi connectivity index (χ0v) is 15.9. The lowest BCUT2D eigenvalue weighted by Crippen LogP contribution is -2.48. The molecule has 1 aliphatic rings. The van der Waals surface area contributed by atoms with Gasteiger partial charge >= 0.3 is 0 Å². The van der Waals surface area contributed by atoms with Crippen molar-refractivity contribution >= 4 is 29.3 Å². The van der Waals surface area contributed by atoms with E-state index in [1.165, 1.54) is 22.9 Å². The summed E-state index contributed by atoms with van der Waals surface area (Å²) in [6.07, 6.45) is 3.30. The van der Waals surface area contributed by atoms with E-state index in [0.29, 0.717) is 21.8 Å². The molecule has 1 aromatic heterocycles. The van der Waals surface area contributed by atoms with Crippen molar-refractivity contribution in [3.63, 3.8) is 0 Å². The van der Waals surface area contributed by atoms with Gasteiger partial charge in [0, 0.05) is 17.6 Å². The van der Waals surface area contributed by atoms with Crippen LogP contribution in [0.4, 0.5) is 0 Å². The number of hydrogen-bond acceptors (Lipinski definition) is 5. The van der Waals surface area contributed by atoms with Crippen LogP contribution in [0.2, 0.25) is 5.02 Å². The Morgan fingerprint density at radius 2 is 1.96 bits per heavy atom. The molecule has 6 nitrogen and oxygen atoms in total. The van der Waals surface area contributed by atoms with Gasteiger partial charge in [0.05, 0.1) is 10.8 Å². The number of aromatic nitrogens is 3. The van der Waals surface area contributed by atoms with E-state index in [2.05, 4.69) is 24.0 Å². The second-order valence-corrected chi connectivity index (χ2v) is 7.72. The van der Waals surface area contributed by atoms with Crippen LogP contribution in [-0.4, -0.2) is 43.5 Å². The quantitative estimate of drug-likeness (QED) is 0.652. The minimum absolute atomic E-state index is 0.118. The number of benzene rings is 1. The Kier molecular flexibility index (Phi) is 5.54. The summed E-state index contributed by atoms with van der Waals surface area (Å²) in [5.41, 5.74) is 0.718. The van der Waals surface area contributed by atoms with Crippen molar-refractivity contribution < 1.29 is 4.79 Å². The maximum Gasteiger partial charge on any atom is 0.233 e. The first-order valence-corrected chi connectivity index (χ1v) is 9.74. The maximum atomic E-state index is 12.6. The molecule has 1 saturated heterocycles. The molecule has 2 aromatic rings. The Hall–Kier alpha value is -1.73. The third-order valence-corrected chi connectivity index (χ3v) is 5.84. The number of rotatable bonds is 4. The molecule has 1 fully saturated rings. The van der Waals surface area contributed by atoms with Crippen LogP contribution in [-0.2, 0) is 4.79 Å². The van der Waals surface area contributed by atoms with E-state index < -0.39 is 0 Å². The minimum Gasteiger partial charge on any atom is -0.337 e. The first kappa shape index (κ1) is 18.1. The highest BCUT2D eigenvalue weighted by atomic mass is 35.5. The first-order chi connectivity index (χ1) is 12.0. The largest absolute Gasteiger partial charge is 0.337 e. The summed E-state index contributed by atoms with van der Waals surface area (Å²) in [6, 6.07) is 7.90. The van der Waals surface area contributed by atoms with Crippen LogP contribution in [0.3, 0.4) is 0 Å². The molecule has 25 heavy (non-hydrogen) atoms. The molecular formula is C17H22ClN5OS. The van der Waals surface area contributed by atoms with E-state index in [0.717, 1.165) is 18.4 Å². The average molecular weight is 380 g/mol. The third-order valence-electron chi connectivity index (χ3n) is 4.59. The van der Waals surface area contributed by atoms with Gasteiger partial charge in [0.1, 0.15) is 0 Å². The predicted octanol–water partition coefficient (Wildman–Crippen LogP) is 3.19. The van der Waals surface area contributed by atoms with E-state index >= 15 is 0 Å². The zero-order valence-electron chi connectivity index (χ0n) is 14.4. The Morgan fingerprint density at radius 1 is 1.28 bits per heavy atom. The van der Waals surface area contributed by atoms with Crippen molar-refractivity contribution in [1.29, 1.82) is 0 Å². The molecule has 1 aromatic carbocycles. The van der Waals surface area contributed by atoms with Gasteiger partial charge in [-0.2, -0.15) is 0 Å². The van der Waals surface area contributed by atoms with Gasteiger partial charge in [0.15, 0.2) is 5.82 Å². The van der Waals surface area contributed by atoms with Crippen molar-refractivity contribution in [2.45, 2.75) is 50.4 Å². The predicted molar refractivity (Wildman–Crippen MR) is 101 cm³/mol. The molecule has 0 saturated carbocycles. The van der Waals surface area contributed by atoms with E-state index in [1.54, 1.807) is 6.07 Å². The molecule has 8 heteroatoms. The van der Waals surface area contributed by atoms with Crippen LogP contribution >= 0.6 is 23.4 Å². The zero-order chi connectivity index (χ0) is 18.0. The second-order valence-electron chi connectivity index (χ2n) is 6.37. The number of thioether (sulfide) groups is 1. The highest BCUT2D eigenvalue weighted by molar-refractivity contribution is 7.99. The van der Waals surface area contributed by atoms with Gasteiger partial charge in [-0.25, -0.2) is 4.68 Å². The van der Waals surface area contributed by atoms with Crippen LogP contribution in [0.5, 0.6) is 0 Å². The van der Waals surface area contributed by atoms with Crippen LogP contribution < -0.4 is 5.84 Å². The summed E-state index contributed by atoms with van der Waals surface area (Å²) in [6.45, 7) is 4.22. The Morgan fingerprint density at radius 3 is 2.64 bits per heavy atom. The number of likely N-dealkylation sites (tertiary alicyclic amines) is 1.